The predicted molar refractivity (Wildman–Crippen MR) is 86.3 cm³/mol. The number of hydrogen-bond acceptors (Lipinski definition) is 4. The molecule has 2 rings (SSSR count). The fraction of sp³-hybridized carbons (Fsp3) is 0.875. The van der Waals surface area contributed by atoms with Crippen LogP contribution in [0.2, 0.25) is 0 Å². The summed E-state index contributed by atoms with van der Waals surface area (Å²) in [6.07, 6.45) is 4.23. The smallest absolute Gasteiger partial charge is 0.236 e. The highest BCUT2D eigenvalue weighted by atomic mass is 16.2. The molecule has 2 fully saturated rings. The second-order valence-corrected chi connectivity index (χ2v) is 6.57. The highest BCUT2D eigenvalue weighted by Crippen LogP contribution is 2.17. The highest BCUT2D eigenvalue weighted by molar-refractivity contribution is 5.80. The minimum Gasteiger partial charge on any atom is -0.368 e. The largest absolute Gasteiger partial charge is 0.368 e. The van der Waals surface area contributed by atoms with Gasteiger partial charge in [0.15, 0.2) is 0 Å². The molecule has 2 saturated heterocycles. The van der Waals surface area contributed by atoms with Gasteiger partial charge in [-0.3, -0.25) is 19.4 Å². The average molecular weight is 310 g/mol. The van der Waals surface area contributed by atoms with Crippen molar-refractivity contribution in [2.24, 2.45) is 5.73 Å². The zero-order valence-corrected chi connectivity index (χ0v) is 14.0. The fourth-order valence-electron chi connectivity index (χ4n) is 3.62. The van der Waals surface area contributed by atoms with E-state index in [2.05, 4.69) is 16.7 Å². The van der Waals surface area contributed by atoms with Gasteiger partial charge in [0.2, 0.25) is 11.8 Å². The Morgan fingerprint density at radius 3 is 2.36 bits per heavy atom. The molecule has 6 nitrogen and oxygen atoms in total. The Labute approximate surface area is 133 Å². The van der Waals surface area contributed by atoms with Crippen LogP contribution in [0.15, 0.2) is 0 Å². The van der Waals surface area contributed by atoms with E-state index in [1.165, 1.54) is 6.42 Å². The van der Waals surface area contributed by atoms with Crippen molar-refractivity contribution in [2.75, 3.05) is 39.3 Å². The summed E-state index contributed by atoms with van der Waals surface area (Å²) in [5.74, 6) is 0.0109. The van der Waals surface area contributed by atoms with E-state index in [4.69, 9.17) is 5.73 Å². The van der Waals surface area contributed by atoms with Gasteiger partial charge < -0.3 is 10.6 Å². The normalized spacial score (nSPS) is 25.9. The zero-order chi connectivity index (χ0) is 16.1. The van der Waals surface area contributed by atoms with Crippen LogP contribution >= 0.6 is 0 Å². The molecule has 0 aromatic carbocycles. The predicted octanol–water partition coefficient (Wildman–Crippen LogP) is 0.269. The summed E-state index contributed by atoms with van der Waals surface area (Å²) in [6.45, 7) is 8.83. The Kier molecular flexibility index (Phi) is 6.20. The molecule has 6 heteroatoms. The van der Waals surface area contributed by atoms with Gasteiger partial charge in [-0.25, -0.2) is 0 Å². The van der Waals surface area contributed by atoms with E-state index >= 15 is 0 Å². The molecule has 0 radical (unpaired) electrons. The van der Waals surface area contributed by atoms with Crippen molar-refractivity contribution in [2.45, 2.75) is 51.6 Å². The summed E-state index contributed by atoms with van der Waals surface area (Å²) in [5, 5.41) is 0. The van der Waals surface area contributed by atoms with E-state index in [9.17, 15) is 9.59 Å². The molecule has 2 heterocycles. The first-order valence-corrected chi connectivity index (χ1v) is 8.58. The number of piperazine rings is 1. The van der Waals surface area contributed by atoms with Crippen LogP contribution in [0, 0.1) is 0 Å². The van der Waals surface area contributed by atoms with Gasteiger partial charge in [-0.2, -0.15) is 0 Å². The Balaban J connectivity index is 1.79. The lowest BCUT2D eigenvalue weighted by atomic mass is 10.0. The van der Waals surface area contributed by atoms with Gasteiger partial charge in [0.05, 0.1) is 12.6 Å². The van der Waals surface area contributed by atoms with Crippen LogP contribution in [-0.2, 0) is 9.59 Å². The van der Waals surface area contributed by atoms with Gasteiger partial charge in [-0.05, 0) is 32.6 Å². The van der Waals surface area contributed by atoms with E-state index < -0.39 is 0 Å². The van der Waals surface area contributed by atoms with Gasteiger partial charge in [-0.15, -0.1) is 0 Å². The first kappa shape index (κ1) is 17.2. The molecule has 2 aliphatic rings. The molecular formula is C16H30N4O2. The number of rotatable bonds is 5. The molecule has 22 heavy (non-hydrogen) atoms. The molecule has 2 aliphatic heterocycles. The van der Waals surface area contributed by atoms with Crippen molar-refractivity contribution in [3.8, 4) is 0 Å². The summed E-state index contributed by atoms with van der Waals surface area (Å²) in [6, 6.07) is 0.210. The average Bonchev–Trinajstić information content (AvgIpc) is 2.49. The lowest BCUT2D eigenvalue weighted by molar-refractivity contribution is -0.136. The molecular weight excluding hydrogens is 280 g/mol. The minimum absolute atomic E-state index is 0.167. The summed E-state index contributed by atoms with van der Waals surface area (Å²) in [7, 11) is 0. The maximum atomic E-state index is 12.5. The van der Waals surface area contributed by atoms with Crippen LogP contribution in [0.1, 0.15) is 39.5 Å². The molecule has 0 bridgehead atoms. The monoisotopic (exact) mass is 310 g/mol. The van der Waals surface area contributed by atoms with E-state index in [0.29, 0.717) is 12.6 Å². The molecule has 0 aromatic rings. The van der Waals surface area contributed by atoms with Crippen LogP contribution in [0.25, 0.3) is 0 Å². The second kappa shape index (κ2) is 7.92. The minimum atomic E-state index is -0.242. The number of nitrogens with zero attached hydrogens (tertiary/aromatic N) is 3. The molecule has 0 aliphatic carbocycles. The molecule has 2 atom stereocenters. The van der Waals surface area contributed by atoms with Crippen molar-refractivity contribution in [3.63, 3.8) is 0 Å². The van der Waals surface area contributed by atoms with Crippen molar-refractivity contribution in [3.05, 3.63) is 0 Å². The van der Waals surface area contributed by atoms with Crippen LogP contribution < -0.4 is 5.73 Å². The fourth-order valence-corrected chi connectivity index (χ4v) is 3.62. The summed E-state index contributed by atoms with van der Waals surface area (Å²) in [5.41, 5.74) is 5.45. The molecule has 0 aromatic heterocycles. The highest BCUT2D eigenvalue weighted by Gasteiger charge is 2.29. The Hall–Kier alpha value is -1.14. The number of hydrogen-bond donors (Lipinski definition) is 1. The van der Waals surface area contributed by atoms with E-state index in [0.717, 1.165) is 52.0 Å². The van der Waals surface area contributed by atoms with Crippen molar-refractivity contribution in [1.82, 2.24) is 14.7 Å². The molecule has 0 saturated carbocycles. The quantitative estimate of drug-likeness (QED) is 0.791. The van der Waals surface area contributed by atoms with Gasteiger partial charge in [-0.1, -0.05) is 6.92 Å². The van der Waals surface area contributed by atoms with Crippen LogP contribution in [0.5, 0.6) is 0 Å². The van der Waals surface area contributed by atoms with Crippen molar-refractivity contribution >= 4 is 11.8 Å². The van der Waals surface area contributed by atoms with Crippen molar-refractivity contribution < 1.29 is 9.59 Å². The summed E-state index contributed by atoms with van der Waals surface area (Å²) in [4.78, 5) is 30.3. The van der Waals surface area contributed by atoms with Gasteiger partial charge in [0, 0.05) is 38.8 Å². The molecule has 126 valence electrons. The van der Waals surface area contributed by atoms with E-state index in [-0.39, 0.29) is 17.9 Å². The molecule has 2 unspecified atom stereocenters. The van der Waals surface area contributed by atoms with Gasteiger partial charge in [0.1, 0.15) is 0 Å². The maximum absolute atomic E-state index is 12.5. The molecule has 0 spiro atoms. The van der Waals surface area contributed by atoms with Crippen LogP contribution in [-0.4, -0.2) is 77.9 Å². The van der Waals surface area contributed by atoms with E-state index in [1.807, 2.05) is 11.8 Å². The SMILES string of the molecule is CCC(C(N)=O)N1CCN(CC(=O)N2CCCCC2C)CC1. The van der Waals surface area contributed by atoms with E-state index in [1.54, 1.807) is 0 Å². The van der Waals surface area contributed by atoms with Gasteiger partial charge in [0.25, 0.3) is 0 Å². The molecule has 2 amide bonds. The number of piperidine rings is 1. The third-order valence-electron chi connectivity index (χ3n) is 5.04. The number of likely N-dealkylation sites (tertiary alicyclic amines) is 1. The maximum Gasteiger partial charge on any atom is 0.236 e. The molecule has 2 N–H and O–H groups in total. The summed E-state index contributed by atoms with van der Waals surface area (Å²) < 4.78 is 0. The van der Waals surface area contributed by atoms with Crippen LogP contribution in [0.4, 0.5) is 0 Å². The first-order valence-electron chi connectivity index (χ1n) is 8.58. The number of carbonyl (C=O) groups is 2. The Bertz CT molecular complexity index is 394. The second-order valence-electron chi connectivity index (χ2n) is 6.57. The number of carbonyl (C=O) groups excluding carboxylic acids is 2. The number of amides is 2. The van der Waals surface area contributed by atoms with Crippen LogP contribution in [0.3, 0.4) is 0 Å². The summed E-state index contributed by atoms with van der Waals surface area (Å²) >= 11 is 0. The lowest BCUT2D eigenvalue weighted by Crippen LogP contribution is -2.56. The lowest BCUT2D eigenvalue weighted by Gasteiger charge is -2.39. The number of nitrogens with two attached hydrogens (primary N) is 1. The zero-order valence-electron chi connectivity index (χ0n) is 14.0. The topological polar surface area (TPSA) is 69.9 Å². The Morgan fingerprint density at radius 2 is 1.82 bits per heavy atom. The standard InChI is InChI=1S/C16H30N4O2/c1-3-14(16(17)22)19-10-8-18(9-11-19)12-15(21)20-7-5-4-6-13(20)2/h13-14H,3-12H2,1-2H3,(H2,17,22). The van der Waals surface area contributed by atoms with Crippen molar-refractivity contribution in [1.29, 1.82) is 0 Å². The first-order chi connectivity index (χ1) is 10.5. The van der Waals surface area contributed by atoms with Gasteiger partial charge >= 0.3 is 0 Å². The Morgan fingerprint density at radius 1 is 1.14 bits per heavy atom. The number of primary amides is 1. The third-order valence-corrected chi connectivity index (χ3v) is 5.04. The third kappa shape index (κ3) is 4.20.